The molecular formula is C18H22O2. The van der Waals surface area contributed by atoms with E-state index in [4.69, 9.17) is 4.74 Å². The molecule has 20 heavy (non-hydrogen) atoms. The van der Waals surface area contributed by atoms with Gasteiger partial charge in [0.25, 0.3) is 0 Å². The lowest BCUT2D eigenvalue weighted by atomic mass is 10.1. The second-order valence-corrected chi connectivity index (χ2v) is 4.62. The van der Waals surface area contributed by atoms with E-state index in [0.717, 1.165) is 32.1 Å². The Morgan fingerprint density at radius 2 is 2.15 bits per heavy atom. The zero-order valence-corrected chi connectivity index (χ0v) is 12.1. The van der Waals surface area contributed by atoms with E-state index in [0.29, 0.717) is 0 Å². The van der Waals surface area contributed by atoms with Crippen LogP contribution in [0.2, 0.25) is 0 Å². The van der Waals surface area contributed by atoms with Gasteiger partial charge in [-0.1, -0.05) is 48.2 Å². The molecule has 1 aromatic rings. The molecule has 2 nitrogen and oxygen atoms in total. The Balaban J connectivity index is 2.41. The van der Waals surface area contributed by atoms with Crippen LogP contribution < -0.4 is 0 Å². The van der Waals surface area contributed by atoms with Crippen LogP contribution >= 0.6 is 0 Å². The minimum Gasteiger partial charge on any atom is -0.449 e. The zero-order valence-electron chi connectivity index (χ0n) is 12.1. The number of carbonyl (C=O) groups is 1. The second kappa shape index (κ2) is 9.86. The number of unbranched alkanes of at least 4 members (excludes halogenated alkanes) is 1. The Labute approximate surface area is 121 Å². The van der Waals surface area contributed by atoms with Crippen LogP contribution in [-0.2, 0) is 16.0 Å². The molecule has 0 fully saturated rings. The third-order valence-electron chi connectivity index (χ3n) is 2.83. The molecule has 0 aliphatic rings. The molecule has 0 saturated carbocycles. The van der Waals surface area contributed by atoms with Crippen molar-refractivity contribution in [2.75, 3.05) is 0 Å². The van der Waals surface area contributed by atoms with Gasteiger partial charge in [-0.3, -0.25) is 4.79 Å². The van der Waals surface area contributed by atoms with Crippen LogP contribution in [0.5, 0.6) is 0 Å². The molecular weight excluding hydrogens is 248 g/mol. The van der Waals surface area contributed by atoms with Gasteiger partial charge in [-0.05, 0) is 31.2 Å². The number of hydrogen-bond acceptors (Lipinski definition) is 2. The summed E-state index contributed by atoms with van der Waals surface area (Å²) in [6.45, 7) is 5.11. The molecule has 1 rings (SSSR count). The number of aryl methyl sites for hydroxylation is 1. The van der Waals surface area contributed by atoms with Gasteiger partial charge in [0.1, 0.15) is 0 Å². The summed E-state index contributed by atoms with van der Waals surface area (Å²) >= 11 is 0. The van der Waals surface area contributed by atoms with Gasteiger partial charge >= 0.3 is 5.97 Å². The largest absolute Gasteiger partial charge is 0.449 e. The van der Waals surface area contributed by atoms with Gasteiger partial charge in [0, 0.05) is 13.3 Å². The highest BCUT2D eigenvalue weighted by Gasteiger charge is 2.07. The normalized spacial score (nSPS) is 11.1. The summed E-state index contributed by atoms with van der Waals surface area (Å²) < 4.78 is 5.20. The summed E-state index contributed by atoms with van der Waals surface area (Å²) in [4.78, 5) is 11.0. The molecule has 0 bridgehead atoms. The molecule has 1 aromatic carbocycles. The van der Waals surface area contributed by atoms with Gasteiger partial charge in [0.15, 0.2) is 6.10 Å². The first kappa shape index (κ1) is 16.0. The number of esters is 1. The Morgan fingerprint density at radius 3 is 2.80 bits per heavy atom. The lowest BCUT2D eigenvalue weighted by Gasteiger charge is -2.09. The maximum absolute atomic E-state index is 11.0. The molecule has 0 N–H and O–H groups in total. The molecule has 0 amide bonds. The van der Waals surface area contributed by atoms with E-state index in [1.165, 1.54) is 12.5 Å². The van der Waals surface area contributed by atoms with Crippen molar-refractivity contribution >= 4 is 5.97 Å². The molecule has 1 atom stereocenters. The van der Waals surface area contributed by atoms with Crippen molar-refractivity contribution in [3.63, 3.8) is 0 Å². The molecule has 0 unspecified atom stereocenters. The van der Waals surface area contributed by atoms with Crippen molar-refractivity contribution in [3.8, 4) is 11.8 Å². The number of ether oxygens (including phenoxy) is 1. The van der Waals surface area contributed by atoms with Crippen LogP contribution in [0.15, 0.2) is 43.0 Å². The Kier molecular flexibility index (Phi) is 7.91. The topological polar surface area (TPSA) is 26.3 Å². The van der Waals surface area contributed by atoms with E-state index < -0.39 is 0 Å². The highest BCUT2D eigenvalue weighted by molar-refractivity contribution is 5.66. The number of carbonyl (C=O) groups excluding carboxylic acids is 1. The number of hydrogen-bond donors (Lipinski definition) is 0. The maximum Gasteiger partial charge on any atom is 0.303 e. The highest BCUT2D eigenvalue weighted by Crippen LogP contribution is 2.06. The lowest BCUT2D eigenvalue weighted by Crippen LogP contribution is -2.14. The summed E-state index contributed by atoms with van der Waals surface area (Å²) in [5, 5.41) is 0. The fraction of sp³-hybridized carbons (Fsp3) is 0.389. The van der Waals surface area contributed by atoms with Gasteiger partial charge < -0.3 is 4.74 Å². The fourth-order valence-electron chi connectivity index (χ4n) is 1.85. The van der Waals surface area contributed by atoms with Gasteiger partial charge in [0.05, 0.1) is 0 Å². The first-order valence-corrected chi connectivity index (χ1v) is 7.03. The smallest absolute Gasteiger partial charge is 0.303 e. The molecule has 2 heteroatoms. The number of allylic oxidation sites excluding steroid dienone is 1. The Hall–Kier alpha value is -2.01. The Morgan fingerprint density at radius 1 is 1.40 bits per heavy atom. The SMILES string of the molecule is C=CCCC[C@@H](C#CCCc1ccccc1)OC(C)=O. The maximum atomic E-state index is 11.0. The van der Waals surface area contributed by atoms with E-state index in [1.807, 2.05) is 24.3 Å². The summed E-state index contributed by atoms with van der Waals surface area (Å²) in [6.07, 6.45) is 5.91. The summed E-state index contributed by atoms with van der Waals surface area (Å²) in [6, 6.07) is 10.2. The predicted octanol–water partition coefficient (Wildman–Crippen LogP) is 3.91. The minimum absolute atomic E-state index is 0.272. The fourth-order valence-corrected chi connectivity index (χ4v) is 1.85. The molecule has 0 aromatic heterocycles. The third-order valence-corrected chi connectivity index (χ3v) is 2.83. The summed E-state index contributed by atoms with van der Waals surface area (Å²) in [7, 11) is 0. The highest BCUT2D eigenvalue weighted by atomic mass is 16.5. The predicted molar refractivity (Wildman–Crippen MR) is 82.1 cm³/mol. The van der Waals surface area contributed by atoms with Crippen molar-refractivity contribution in [2.45, 2.75) is 45.1 Å². The van der Waals surface area contributed by atoms with E-state index in [-0.39, 0.29) is 12.1 Å². The molecule has 106 valence electrons. The lowest BCUT2D eigenvalue weighted by molar-refractivity contribution is -0.143. The zero-order chi connectivity index (χ0) is 14.6. The van der Waals surface area contributed by atoms with E-state index >= 15 is 0 Å². The van der Waals surface area contributed by atoms with Crippen molar-refractivity contribution in [3.05, 3.63) is 48.6 Å². The van der Waals surface area contributed by atoms with E-state index in [2.05, 4.69) is 30.6 Å². The average molecular weight is 270 g/mol. The molecule has 0 heterocycles. The summed E-state index contributed by atoms with van der Waals surface area (Å²) in [5.41, 5.74) is 1.28. The van der Waals surface area contributed by atoms with Crippen LogP contribution in [0.3, 0.4) is 0 Å². The third kappa shape index (κ3) is 7.43. The summed E-state index contributed by atoms with van der Waals surface area (Å²) in [5.74, 6) is 5.89. The van der Waals surface area contributed by atoms with Crippen LogP contribution in [0.4, 0.5) is 0 Å². The van der Waals surface area contributed by atoms with Crippen molar-refractivity contribution in [1.29, 1.82) is 0 Å². The van der Waals surface area contributed by atoms with Gasteiger partial charge in [0.2, 0.25) is 0 Å². The van der Waals surface area contributed by atoms with Gasteiger partial charge in [-0.25, -0.2) is 0 Å². The molecule has 0 aliphatic carbocycles. The van der Waals surface area contributed by atoms with Crippen LogP contribution in [0.1, 0.15) is 38.2 Å². The second-order valence-electron chi connectivity index (χ2n) is 4.62. The molecule has 0 saturated heterocycles. The number of benzene rings is 1. The molecule has 0 aliphatic heterocycles. The minimum atomic E-state index is -0.289. The molecule has 0 spiro atoms. The van der Waals surface area contributed by atoms with Crippen molar-refractivity contribution in [1.82, 2.24) is 0 Å². The van der Waals surface area contributed by atoms with Crippen LogP contribution in [0, 0.1) is 11.8 Å². The molecule has 0 radical (unpaired) electrons. The van der Waals surface area contributed by atoms with Gasteiger partial charge in [-0.2, -0.15) is 0 Å². The van der Waals surface area contributed by atoms with E-state index in [1.54, 1.807) is 0 Å². The first-order chi connectivity index (χ1) is 9.72. The standard InChI is InChI=1S/C18H22O2/c1-3-4-6-14-18(20-16(2)19)15-10-9-13-17-11-7-5-8-12-17/h3,5,7-8,11-12,18H,1,4,6,9,13-14H2,2H3/t18-/m0/s1. The first-order valence-electron chi connectivity index (χ1n) is 7.03. The quantitative estimate of drug-likeness (QED) is 0.325. The van der Waals surface area contributed by atoms with Crippen molar-refractivity contribution in [2.24, 2.45) is 0 Å². The Bertz CT molecular complexity index is 465. The van der Waals surface area contributed by atoms with Crippen LogP contribution in [-0.4, -0.2) is 12.1 Å². The average Bonchev–Trinajstić information content (AvgIpc) is 2.44. The van der Waals surface area contributed by atoms with Crippen molar-refractivity contribution < 1.29 is 9.53 Å². The van der Waals surface area contributed by atoms with Gasteiger partial charge in [-0.15, -0.1) is 6.58 Å². The van der Waals surface area contributed by atoms with Crippen LogP contribution in [0.25, 0.3) is 0 Å². The monoisotopic (exact) mass is 270 g/mol. The van der Waals surface area contributed by atoms with E-state index in [9.17, 15) is 4.79 Å². The number of rotatable bonds is 7.